The van der Waals surface area contributed by atoms with Crippen LogP contribution in [-0.2, 0) is 19.1 Å². The highest BCUT2D eigenvalue weighted by Crippen LogP contribution is 2.05. The van der Waals surface area contributed by atoms with E-state index in [0.717, 1.165) is 19.6 Å². The molecule has 0 unspecified atom stereocenters. The Kier molecular flexibility index (Phi) is 5.10. The number of ether oxygens (including phenoxy) is 2. The summed E-state index contributed by atoms with van der Waals surface area (Å²) in [5, 5.41) is 0. The van der Waals surface area contributed by atoms with Crippen LogP contribution in [-0.4, -0.2) is 49.7 Å². The number of hydrogen-bond acceptors (Lipinski definition) is 5. The van der Waals surface area contributed by atoms with E-state index < -0.39 is 11.9 Å². The number of nitrogens with zero attached hydrogens (tertiary/aromatic N) is 1. The van der Waals surface area contributed by atoms with Gasteiger partial charge in [-0.1, -0.05) is 0 Å². The van der Waals surface area contributed by atoms with Crippen molar-refractivity contribution < 1.29 is 19.1 Å². The summed E-state index contributed by atoms with van der Waals surface area (Å²) in [6.45, 7) is 4.29. The molecule has 1 rings (SSSR count). The highest BCUT2D eigenvalue weighted by molar-refractivity contribution is 5.75. The maximum Gasteiger partial charge on any atom is 0.344 e. The van der Waals surface area contributed by atoms with Crippen LogP contribution in [0.2, 0.25) is 0 Å². The fourth-order valence-corrected chi connectivity index (χ4v) is 1.50. The standard InChI is InChI=1S/C10H17NO4/c1-9(12)15-8-10(13)14-7-6-11-4-2-3-5-11/h2-8H2,1H3. The van der Waals surface area contributed by atoms with E-state index in [2.05, 4.69) is 9.64 Å². The van der Waals surface area contributed by atoms with Gasteiger partial charge in [0.15, 0.2) is 6.61 Å². The Bertz CT molecular complexity index is 223. The Morgan fingerprint density at radius 1 is 1.20 bits per heavy atom. The van der Waals surface area contributed by atoms with Gasteiger partial charge in [0, 0.05) is 13.5 Å². The molecule has 1 heterocycles. The predicted molar refractivity (Wildman–Crippen MR) is 53.3 cm³/mol. The molecule has 86 valence electrons. The van der Waals surface area contributed by atoms with Crippen molar-refractivity contribution in [1.29, 1.82) is 0 Å². The molecule has 5 heteroatoms. The third-order valence-corrected chi connectivity index (χ3v) is 2.26. The fraction of sp³-hybridized carbons (Fsp3) is 0.800. The zero-order chi connectivity index (χ0) is 11.1. The van der Waals surface area contributed by atoms with Crippen LogP contribution in [0.4, 0.5) is 0 Å². The Morgan fingerprint density at radius 3 is 2.47 bits per heavy atom. The molecule has 0 atom stereocenters. The lowest BCUT2D eigenvalue weighted by molar-refractivity contribution is -0.157. The number of hydrogen-bond donors (Lipinski definition) is 0. The molecular formula is C10H17NO4. The van der Waals surface area contributed by atoms with Gasteiger partial charge in [-0.2, -0.15) is 0 Å². The van der Waals surface area contributed by atoms with Gasteiger partial charge in [0.05, 0.1) is 0 Å². The molecule has 0 radical (unpaired) electrons. The van der Waals surface area contributed by atoms with Crippen LogP contribution in [0.3, 0.4) is 0 Å². The molecule has 5 nitrogen and oxygen atoms in total. The second-order valence-electron chi connectivity index (χ2n) is 3.55. The van der Waals surface area contributed by atoms with E-state index in [0.29, 0.717) is 6.61 Å². The monoisotopic (exact) mass is 215 g/mol. The zero-order valence-corrected chi connectivity index (χ0v) is 9.03. The minimum absolute atomic E-state index is 0.282. The molecule has 1 aliphatic rings. The van der Waals surface area contributed by atoms with Crippen molar-refractivity contribution in [2.45, 2.75) is 19.8 Å². The Morgan fingerprint density at radius 2 is 1.87 bits per heavy atom. The van der Waals surface area contributed by atoms with Gasteiger partial charge >= 0.3 is 11.9 Å². The van der Waals surface area contributed by atoms with E-state index in [-0.39, 0.29) is 6.61 Å². The molecule has 0 aromatic heterocycles. The Hall–Kier alpha value is -1.10. The molecule has 1 fully saturated rings. The largest absolute Gasteiger partial charge is 0.462 e. The number of carbonyl (C=O) groups excluding carboxylic acids is 2. The molecule has 0 aromatic rings. The molecule has 1 aliphatic heterocycles. The second-order valence-corrected chi connectivity index (χ2v) is 3.55. The summed E-state index contributed by atoms with van der Waals surface area (Å²) in [5.41, 5.74) is 0. The summed E-state index contributed by atoms with van der Waals surface area (Å²) < 4.78 is 9.40. The van der Waals surface area contributed by atoms with Gasteiger partial charge in [0.1, 0.15) is 6.61 Å². The predicted octanol–water partition coefficient (Wildman–Crippen LogP) is 0.188. The normalized spacial score (nSPS) is 16.3. The zero-order valence-electron chi connectivity index (χ0n) is 9.03. The van der Waals surface area contributed by atoms with Crippen molar-refractivity contribution in [3.05, 3.63) is 0 Å². The first-order chi connectivity index (χ1) is 7.18. The molecule has 0 spiro atoms. The average molecular weight is 215 g/mol. The molecule has 0 aliphatic carbocycles. The van der Waals surface area contributed by atoms with Gasteiger partial charge in [-0.3, -0.25) is 9.69 Å². The number of likely N-dealkylation sites (tertiary alicyclic amines) is 1. The molecule has 0 amide bonds. The van der Waals surface area contributed by atoms with Crippen molar-refractivity contribution in [1.82, 2.24) is 4.90 Å². The van der Waals surface area contributed by atoms with Crippen LogP contribution in [0.1, 0.15) is 19.8 Å². The molecule has 0 saturated carbocycles. The lowest BCUT2D eigenvalue weighted by atomic mass is 10.4. The second kappa shape index (κ2) is 6.40. The maximum atomic E-state index is 11.0. The van der Waals surface area contributed by atoms with Gasteiger partial charge in [0.25, 0.3) is 0 Å². The van der Waals surface area contributed by atoms with E-state index in [1.807, 2.05) is 0 Å². The maximum absolute atomic E-state index is 11.0. The van der Waals surface area contributed by atoms with E-state index >= 15 is 0 Å². The third kappa shape index (κ3) is 5.37. The van der Waals surface area contributed by atoms with Gasteiger partial charge < -0.3 is 9.47 Å². The van der Waals surface area contributed by atoms with Gasteiger partial charge in [-0.05, 0) is 25.9 Å². The summed E-state index contributed by atoms with van der Waals surface area (Å²) >= 11 is 0. The van der Waals surface area contributed by atoms with E-state index in [1.165, 1.54) is 19.8 Å². The average Bonchev–Trinajstić information content (AvgIpc) is 2.67. The fourth-order valence-electron chi connectivity index (χ4n) is 1.50. The Balaban J connectivity index is 1.98. The third-order valence-electron chi connectivity index (χ3n) is 2.26. The first-order valence-electron chi connectivity index (χ1n) is 5.20. The lowest BCUT2D eigenvalue weighted by Crippen LogP contribution is -2.26. The van der Waals surface area contributed by atoms with Crippen molar-refractivity contribution in [2.75, 3.05) is 32.8 Å². The van der Waals surface area contributed by atoms with Gasteiger partial charge in [0.2, 0.25) is 0 Å². The highest BCUT2D eigenvalue weighted by Gasteiger charge is 2.12. The molecule has 0 bridgehead atoms. The van der Waals surface area contributed by atoms with Crippen LogP contribution < -0.4 is 0 Å². The molecule has 0 aromatic carbocycles. The summed E-state index contributed by atoms with van der Waals surface area (Å²) in [7, 11) is 0. The van der Waals surface area contributed by atoms with E-state index in [1.54, 1.807) is 0 Å². The highest BCUT2D eigenvalue weighted by atomic mass is 16.6. The van der Waals surface area contributed by atoms with Crippen molar-refractivity contribution >= 4 is 11.9 Å². The minimum atomic E-state index is -0.482. The minimum Gasteiger partial charge on any atom is -0.462 e. The van der Waals surface area contributed by atoms with Crippen molar-refractivity contribution in [3.63, 3.8) is 0 Å². The van der Waals surface area contributed by atoms with E-state index in [4.69, 9.17) is 4.74 Å². The first-order valence-corrected chi connectivity index (χ1v) is 5.20. The van der Waals surface area contributed by atoms with Crippen LogP contribution in [0.15, 0.2) is 0 Å². The van der Waals surface area contributed by atoms with Gasteiger partial charge in [-0.15, -0.1) is 0 Å². The quantitative estimate of drug-likeness (QED) is 0.613. The van der Waals surface area contributed by atoms with Crippen LogP contribution in [0, 0.1) is 0 Å². The molecular weight excluding hydrogens is 198 g/mol. The first kappa shape index (κ1) is 12.0. The number of rotatable bonds is 5. The lowest BCUT2D eigenvalue weighted by Gasteiger charge is -2.13. The molecule has 15 heavy (non-hydrogen) atoms. The van der Waals surface area contributed by atoms with Crippen LogP contribution in [0.25, 0.3) is 0 Å². The molecule has 1 saturated heterocycles. The summed E-state index contributed by atoms with van der Waals surface area (Å²) in [5.74, 6) is -0.948. The number of carbonyl (C=O) groups is 2. The van der Waals surface area contributed by atoms with Crippen LogP contribution >= 0.6 is 0 Å². The summed E-state index contributed by atoms with van der Waals surface area (Å²) in [6, 6.07) is 0. The summed E-state index contributed by atoms with van der Waals surface area (Å²) in [6.07, 6.45) is 2.45. The smallest absolute Gasteiger partial charge is 0.344 e. The van der Waals surface area contributed by atoms with Crippen molar-refractivity contribution in [3.8, 4) is 0 Å². The van der Waals surface area contributed by atoms with Gasteiger partial charge in [-0.25, -0.2) is 4.79 Å². The topological polar surface area (TPSA) is 55.8 Å². The van der Waals surface area contributed by atoms with E-state index in [9.17, 15) is 9.59 Å². The number of esters is 2. The SMILES string of the molecule is CC(=O)OCC(=O)OCCN1CCCC1. The van der Waals surface area contributed by atoms with Crippen molar-refractivity contribution in [2.24, 2.45) is 0 Å². The van der Waals surface area contributed by atoms with Crippen LogP contribution in [0.5, 0.6) is 0 Å². The molecule has 0 N–H and O–H groups in total. The Labute approximate surface area is 89.3 Å². The summed E-state index contributed by atoms with van der Waals surface area (Å²) in [4.78, 5) is 23.6.